The number of pyridine rings is 2. The van der Waals surface area contributed by atoms with E-state index in [9.17, 15) is 8.78 Å². The van der Waals surface area contributed by atoms with Gasteiger partial charge in [-0.25, -0.2) is 23.7 Å². The van der Waals surface area contributed by atoms with Gasteiger partial charge >= 0.3 is 0 Å². The summed E-state index contributed by atoms with van der Waals surface area (Å²) in [5.74, 6) is -1.33. The highest BCUT2D eigenvalue weighted by Gasteiger charge is 2.69. The van der Waals surface area contributed by atoms with E-state index in [1.165, 1.54) is 0 Å². The van der Waals surface area contributed by atoms with Crippen molar-refractivity contribution >= 4 is 33.3 Å². The van der Waals surface area contributed by atoms with Crippen LogP contribution in [0.3, 0.4) is 0 Å². The minimum atomic E-state index is -2.72. The van der Waals surface area contributed by atoms with Crippen molar-refractivity contribution in [2.24, 2.45) is 0 Å². The number of allylic oxidation sites excluding steroid dienone is 4. The summed E-state index contributed by atoms with van der Waals surface area (Å²) in [6.07, 6.45) is 13.4. The first-order chi connectivity index (χ1) is 17.9. The molecule has 1 atom stereocenters. The summed E-state index contributed by atoms with van der Waals surface area (Å²) in [4.78, 5) is 24.4. The molecule has 0 spiro atoms. The second-order valence-electron chi connectivity index (χ2n) is 10.5. The molecule has 0 aromatic carbocycles. The predicted molar refractivity (Wildman–Crippen MR) is 141 cm³/mol. The second-order valence-corrected chi connectivity index (χ2v) is 10.5. The third-order valence-corrected chi connectivity index (χ3v) is 8.27. The van der Waals surface area contributed by atoms with Crippen molar-refractivity contribution in [3.8, 4) is 11.4 Å². The molecule has 188 valence electrons. The van der Waals surface area contributed by atoms with Crippen LogP contribution in [-0.2, 0) is 5.41 Å². The third kappa shape index (κ3) is 3.40. The van der Waals surface area contributed by atoms with Gasteiger partial charge in [0.1, 0.15) is 11.5 Å². The molecule has 2 aliphatic carbocycles. The molecule has 1 saturated carbocycles. The first-order valence-electron chi connectivity index (χ1n) is 12.7. The Morgan fingerprint density at radius 2 is 1.89 bits per heavy atom. The summed E-state index contributed by atoms with van der Waals surface area (Å²) in [6.45, 7) is 3.52. The topological polar surface area (TPSA) is 82.6 Å². The van der Waals surface area contributed by atoms with Gasteiger partial charge in [-0.05, 0) is 50.6 Å². The highest BCUT2D eigenvalue weighted by Crippen LogP contribution is 2.61. The lowest BCUT2D eigenvalue weighted by molar-refractivity contribution is 0.0912. The fourth-order valence-corrected chi connectivity index (χ4v) is 5.61. The van der Waals surface area contributed by atoms with Crippen LogP contribution in [0.5, 0.6) is 0 Å². The summed E-state index contributed by atoms with van der Waals surface area (Å²) in [5.41, 5.74) is 3.48. The molecule has 1 aliphatic heterocycles. The van der Waals surface area contributed by atoms with Crippen LogP contribution in [0.15, 0.2) is 49.0 Å². The SMILES string of the molecule is CN(c1nc(-c2ccnc3[nH]c(C4(C)CC4(F)F)cc23)nc2cncc(C3=CC=C3)c12)C1CCNCC1. The van der Waals surface area contributed by atoms with Crippen LogP contribution in [0, 0.1) is 0 Å². The first kappa shape index (κ1) is 22.5. The minimum Gasteiger partial charge on any atom is -0.356 e. The lowest BCUT2D eigenvalue weighted by Gasteiger charge is -2.33. The van der Waals surface area contributed by atoms with E-state index < -0.39 is 11.3 Å². The number of nitrogens with one attached hydrogen (secondary N) is 2. The molecule has 9 heteroatoms. The number of rotatable bonds is 5. The predicted octanol–water partition coefficient (Wildman–Crippen LogP) is 5.01. The van der Waals surface area contributed by atoms with Gasteiger partial charge in [0, 0.05) is 54.1 Å². The van der Waals surface area contributed by atoms with Crippen LogP contribution in [0.25, 0.3) is 38.9 Å². The van der Waals surface area contributed by atoms with Gasteiger partial charge in [0.15, 0.2) is 5.82 Å². The summed E-state index contributed by atoms with van der Waals surface area (Å²) >= 11 is 0. The molecule has 3 aliphatic rings. The van der Waals surface area contributed by atoms with Gasteiger partial charge in [-0.3, -0.25) is 4.98 Å². The summed E-state index contributed by atoms with van der Waals surface area (Å²) in [5, 5.41) is 5.15. The van der Waals surface area contributed by atoms with E-state index in [1.807, 2.05) is 18.3 Å². The molecule has 37 heavy (non-hydrogen) atoms. The van der Waals surface area contributed by atoms with Gasteiger partial charge in [-0.15, -0.1) is 0 Å². The van der Waals surface area contributed by atoms with Crippen LogP contribution < -0.4 is 10.2 Å². The van der Waals surface area contributed by atoms with Crippen molar-refractivity contribution in [1.29, 1.82) is 0 Å². The van der Waals surface area contributed by atoms with E-state index >= 15 is 0 Å². The summed E-state index contributed by atoms with van der Waals surface area (Å²) in [6, 6.07) is 3.99. The highest BCUT2D eigenvalue weighted by atomic mass is 19.3. The molecule has 4 aromatic heterocycles. The van der Waals surface area contributed by atoms with E-state index in [4.69, 9.17) is 9.97 Å². The van der Waals surface area contributed by atoms with Gasteiger partial charge in [0.2, 0.25) is 0 Å². The Bertz CT molecular complexity index is 1620. The minimum absolute atomic E-state index is 0.168. The molecule has 2 N–H and O–H groups in total. The Kier molecular flexibility index (Phi) is 4.79. The average molecular weight is 500 g/mol. The van der Waals surface area contributed by atoms with Crippen LogP contribution in [0.4, 0.5) is 14.6 Å². The van der Waals surface area contributed by atoms with Gasteiger partial charge in [0.05, 0.1) is 22.5 Å². The Balaban J connectivity index is 1.42. The zero-order valence-corrected chi connectivity index (χ0v) is 20.7. The third-order valence-electron chi connectivity index (χ3n) is 8.27. The van der Waals surface area contributed by atoms with Crippen molar-refractivity contribution in [2.75, 3.05) is 25.0 Å². The number of alkyl halides is 2. The van der Waals surface area contributed by atoms with Crippen LogP contribution >= 0.6 is 0 Å². The monoisotopic (exact) mass is 499 g/mol. The lowest BCUT2D eigenvalue weighted by atomic mass is 9.96. The van der Waals surface area contributed by atoms with E-state index in [0.717, 1.165) is 64.7 Å². The van der Waals surface area contributed by atoms with Crippen molar-refractivity contribution < 1.29 is 8.78 Å². The molecule has 0 bridgehead atoms. The summed E-state index contributed by atoms with van der Waals surface area (Å²) < 4.78 is 28.3. The number of hydrogen-bond acceptors (Lipinski definition) is 6. The molecule has 0 radical (unpaired) electrons. The fourth-order valence-electron chi connectivity index (χ4n) is 5.61. The van der Waals surface area contributed by atoms with E-state index in [0.29, 0.717) is 23.2 Å². The molecule has 2 fully saturated rings. The second kappa shape index (κ2) is 7.89. The number of aromatic nitrogens is 5. The lowest BCUT2D eigenvalue weighted by Crippen LogP contribution is -2.41. The van der Waals surface area contributed by atoms with Crippen molar-refractivity contribution in [3.05, 3.63) is 60.2 Å². The van der Waals surface area contributed by atoms with Crippen molar-refractivity contribution in [3.63, 3.8) is 0 Å². The van der Waals surface area contributed by atoms with E-state index in [2.05, 4.69) is 44.4 Å². The number of anilines is 1. The standard InChI is InChI=1S/C28H27F2N7/c1-27(15-28(27,29)30)22-12-19-18(8-11-33-24(19)35-22)25-34-21-14-32-13-20(16-4-3-5-16)23(21)26(36-25)37(2)17-6-9-31-10-7-17/h3-5,8,11-14,17,31H,6-7,9-10,15H2,1-2H3,(H,33,35). The Morgan fingerprint density at radius 1 is 1.11 bits per heavy atom. The Hall–Kier alpha value is -3.72. The normalized spacial score (nSPS) is 22.8. The molecular weight excluding hydrogens is 472 g/mol. The number of halogens is 2. The van der Waals surface area contributed by atoms with Crippen molar-refractivity contribution in [2.45, 2.75) is 43.6 Å². The molecule has 1 saturated heterocycles. The maximum atomic E-state index is 14.2. The maximum absolute atomic E-state index is 14.2. The maximum Gasteiger partial charge on any atom is 0.260 e. The molecule has 7 rings (SSSR count). The van der Waals surface area contributed by atoms with Crippen LogP contribution in [-0.4, -0.2) is 57.0 Å². The Labute approximate surface area is 212 Å². The number of hydrogen-bond donors (Lipinski definition) is 2. The van der Waals surface area contributed by atoms with E-state index in [-0.39, 0.29) is 6.42 Å². The number of aromatic amines is 1. The molecule has 1 unspecified atom stereocenters. The molecular formula is C28H27F2N7. The largest absolute Gasteiger partial charge is 0.356 e. The smallest absolute Gasteiger partial charge is 0.260 e. The molecule has 0 amide bonds. The van der Waals surface area contributed by atoms with Gasteiger partial charge in [0.25, 0.3) is 5.92 Å². The zero-order valence-electron chi connectivity index (χ0n) is 20.7. The molecule has 5 heterocycles. The molecule has 4 aromatic rings. The van der Waals surface area contributed by atoms with Gasteiger partial charge in [-0.2, -0.15) is 0 Å². The van der Waals surface area contributed by atoms with Crippen LogP contribution in [0.2, 0.25) is 0 Å². The number of fused-ring (bicyclic) bond motifs is 2. The summed E-state index contributed by atoms with van der Waals surface area (Å²) in [7, 11) is 2.10. The zero-order chi connectivity index (χ0) is 25.4. The average Bonchev–Trinajstić information content (AvgIpc) is 3.18. The Morgan fingerprint density at radius 3 is 2.59 bits per heavy atom. The first-order valence-corrected chi connectivity index (χ1v) is 12.7. The van der Waals surface area contributed by atoms with Crippen molar-refractivity contribution in [1.82, 2.24) is 30.2 Å². The highest BCUT2D eigenvalue weighted by molar-refractivity contribution is 6.03. The number of piperidine rings is 1. The number of H-pyrrole nitrogens is 1. The van der Waals surface area contributed by atoms with Gasteiger partial charge < -0.3 is 15.2 Å². The molecule has 7 nitrogen and oxygen atoms in total. The van der Waals surface area contributed by atoms with E-state index in [1.54, 1.807) is 25.4 Å². The quantitative estimate of drug-likeness (QED) is 0.402. The number of nitrogens with zero attached hydrogens (tertiary/aromatic N) is 5. The van der Waals surface area contributed by atoms with Gasteiger partial charge in [-0.1, -0.05) is 18.2 Å². The fraction of sp³-hybridized carbons (Fsp3) is 0.357. The van der Waals surface area contributed by atoms with Crippen LogP contribution in [0.1, 0.15) is 37.4 Å².